The van der Waals surface area contributed by atoms with Crippen LogP contribution in [0, 0.1) is 0 Å². The third-order valence-corrected chi connectivity index (χ3v) is 10.8. The van der Waals surface area contributed by atoms with E-state index >= 15 is 0 Å². The largest absolute Gasteiger partial charge is 0.0888 e. The van der Waals surface area contributed by atoms with Gasteiger partial charge in [-0.05, 0) is 90.3 Å². The molecule has 7 aromatic rings. The van der Waals surface area contributed by atoms with Crippen LogP contribution in [0.2, 0.25) is 0 Å². The molecule has 0 nitrogen and oxygen atoms in total. The zero-order chi connectivity index (χ0) is 27.4. The molecule has 0 bridgehead atoms. The average molecular weight is 549 g/mol. The van der Waals surface area contributed by atoms with Crippen molar-refractivity contribution in [2.24, 2.45) is 0 Å². The normalized spacial score (nSPS) is 14.3. The van der Waals surface area contributed by atoms with Crippen LogP contribution in [0.25, 0.3) is 55.3 Å². The van der Waals surface area contributed by atoms with Crippen LogP contribution in [0.15, 0.2) is 155 Å². The molecule has 1 heterocycles. The molecule has 42 heavy (non-hydrogen) atoms. The molecular formula is C41H24S. The second kappa shape index (κ2) is 8.12. The second-order valence-corrected chi connectivity index (χ2v) is 12.7. The van der Waals surface area contributed by atoms with Crippen molar-refractivity contribution in [3.63, 3.8) is 0 Å². The first kappa shape index (κ1) is 22.8. The van der Waals surface area contributed by atoms with Crippen LogP contribution < -0.4 is 0 Å². The summed E-state index contributed by atoms with van der Waals surface area (Å²) in [6.07, 6.45) is 0. The maximum atomic E-state index is 2.44. The fourth-order valence-electron chi connectivity index (χ4n) is 8.13. The molecule has 3 aliphatic rings. The lowest BCUT2D eigenvalue weighted by atomic mass is 9.70. The minimum atomic E-state index is -0.318. The predicted octanol–water partition coefficient (Wildman–Crippen LogP) is 11.0. The summed E-state index contributed by atoms with van der Waals surface area (Å²) in [5.41, 5.74) is 15.9. The van der Waals surface area contributed by atoms with Crippen molar-refractivity contribution in [3.8, 4) is 44.5 Å². The number of hydrogen-bond donors (Lipinski definition) is 0. The summed E-state index contributed by atoms with van der Waals surface area (Å²) in [5, 5.41) is 2.67. The molecule has 0 amide bonds. The standard InChI is InChI=1S/C41H24S/c1-5-18-33-28(12-1)29-13-2-6-19-34(29)41(33)35-20-7-3-15-32(35)40-27(16-10-21-36(40)41)26-23-25-11-9-17-31-30-14-4-8-22-37(30)42-38(24-26)39(25)31/h1-24H. The van der Waals surface area contributed by atoms with Crippen LogP contribution in [-0.2, 0) is 5.41 Å². The van der Waals surface area contributed by atoms with Crippen LogP contribution in [0.3, 0.4) is 0 Å². The predicted molar refractivity (Wildman–Crippen MR) is 175 cm³/mol. The summed E-state index contributed by atoms with van der Waals surface area (Å²) in [5.74, 6) is 0. The van der Waals surface area contributed by atoms with E-state index in [4.69, 9.17) is 0 Å². The Kier molecular flexibility index (Phi) is 4.41. The molecule has 1 spiro atoms. The first-order chi connectivity index (χ1) is 20.8. The van der Waals surface area contributed by atoms with Gasteiger partial charge in [-0.15, -0.1) is 0 Å². The van der Waals surface area contributed by atoms with Gasteiger partial charge in [0, 0.05) is 15.2 Å². The van der Waals surface area contributed by atoms with Crippen LogP contribution >= 0.6 is 11.8 Å². The third-order valence-electron chi connectivity index (χ3n) is 9.67. The molecular weight excluding hydrogens is 525 g/mol. The summed E-state index contributed by atoms with van der Waals surface area (Å²) in [6, 6.07) is 54.6. The zero-order valence-electron chi connectivity index (χ0n) is 22.8. The van der Waals surface area contributed by atoms with Crippen LogP contribution in [-0.4, -0.2) is 0 Å². The van der Waals surface area contributed by atoms with E-state index in [9.17, 15) is 0 Å². The van der Waals surface area contributed by atoms with Crippen LogP contribution in [0.1, 0.15) is 22.3 Å². The molecule has 0 aromatic heterocycles. The van der Waals surface area contributed by atoms with E-state index in [1.54, 1.807) is 0 Å². The molecule has 1 aliphatic heterocycles. The van der Waals surface area contributed by atoms with Crippen LogP contribution in [0.4, 0.5) is 0 Å². The molecule has 0 unspecified atom stereocenters. The molecule has 2 aliphatic carbocycles. The van der Waals surface area contributed by atoms with Gasteiger partial charge in [0.2, 0.25) is 0 Å². The van der Waals surface area contributed by atoms with Gasteiger partial charge >= 0.3 is 0 Å². The molecule has 0 radical (unpaired) electrons. The van der Waals surface area contributed by atoms with Crippen molar-refractivity contribution in [1.29, 1.82) is 0 Å². The molecule has 0 saturated heterocycles. The maximum absolute atomic E-state index is 2.44. The Hall–Kier alpha value is -4.85. The van der Waals surface area contributed by atoms with E-state index in [2.05, 4.69) is 146 Å². The molecule has 194 valence electrons. The van der Waals surface area contributed by atoms with E-state index in [0.717, 1.165) is 0 Å². The Bertz CT molecular complexity index is 2240. The Morgan fingerprint density at radius 3 is 1.69 bits per heavy atom. The highest BCUT2D eigenvalue weighted by atomic mass is 32.2. The zero-order valence-corrected chi connectivity index (χ0v) is 23.6. The number of fused-ring (bicyclic) bond motifs is 12. The molecule has 0 saturated carbocycles. The number of hydrogen-bond acceptors (Lipinski definition) is 1. The monoisotopic (exact) mass is 548 g/mol. The van der Waals surface area contributed by atoms with E-state index in [0.29, 0.717) is 0 Å². The SMILES string of the molecule is c1ccc2c(c1)Sc1cc(-c3cccc4c3-c3ccccc3C43c4ccccc4-c4ccccc43)cc3cccc-2c13. The molecule has 0 atom stereocenters. The Morgan fingerprint density at radius 1 is 0.381 bits per heavy atom. The summed E-state index contributed by atoms with van der Waals surface area (Å²) < 4.78 is 0. The highest BCUT2D eigenvalue weighted by Crippen LogP contribution is 2.64. The van der Waals surface area contributed by atoms with Crippen LogP contribution in [0.5, 0.6) is 0 Å². The average Bonchev–Trinajstić information content (AvgIpc) is 3.52. The third kappa shape index (κ3) is 2.70. The highest BCUT2D eigenvalue weighted by Gasteiger charge is 2.51. The second-order valence-electron chi connectivity index (χ2n) is 11.6. The first-order valence-electron chi connectivity index (χ1n) is 14.6. The molecule has 1 heteroatoms. The topological polar surface area (TPSA) is 0 Å². The number of rotatable bonds is 1. The minimum Gasteiger partial charge on any atom is -0.0888 e. The lowest BCUT2D eigenvalue weighted by molar-refractivity contribution is 0.794. The Morgan fingerprint density at radius 2 is 0.929 bits per heavy atom. The van der Waals surface area contributed by atoms with E-state index in [1.165, 1.54) is 87.3 Å². The van der Waals surface area contributed by atoms with Crippen molar-refractivity contribution in [2.45, 2.75) is 15.2 Å². The van der Waals surface area contributed by atoms with Gasteiger partial charge in [-0.2, -0.15) is 0 Å². The molecule has 0 N–H and O–H groups in total. The van der Waals surface area contributed by atoms with Crippen molar-refractivity contribution >= 4 is 22.5 Å². The van der Waals surface area contributed by atoms with Crippen molar-refractivity contribution in [1.82, 2.24) is 0 Å². The van der Waals surface area contributed by atoms with Gasteiger partial charge in [-0.1, -0.05) is 139 Å². The lowest BCUT2D eigenvalue weighted by Gasteiger charge is -2.30. The summed E-state index contributed by atoms with van der Waals surface area (Å²) in [7, 11) is 0. The molecule has 7 aromatic carbocycles. The van der Waals surface area contributed by atoms with Gasteiger partial charge in [0.25, 0.3) is 0 Å². The van der Waals surface area contributed by atoms with E-state index < -0.39 is 0 Å². The fourth-order valence-corrected chi connectivity index (χ4v) is 9.32. The summed E-state index contributed by atoms with van der Waals surface area (Å²) in [6.45, 7) is 0. The minimum absolute atomic E-state index is 0.318. The van der Waals surface area contributed by atoms with E-state index in [1.807, 2.05) is 11.8 Å². The van der Waals surface area contributed by atoms with Gasteiger partial charge in [0.15, 0.2) is 0 Å². The fraction of sp³-hybridized carbons (Fsp3) is 0.0244. The van der Waals surface area contributed by atoms with Crippen molar-refractivity contribution in [3.05, 3.63) is 168 Å². The Labute approximate surface area is 249 Å². The van der Waals surface area contributed by atoms with Crippen molar-refractivity contribution in [2.75, 3.05) is 0 Å². The summed E-state index contributed by atoms with van der Waals surface area (Å²) in [4.78, 5) is 2.67. The summed E-state index contributed by atoms with van der Waals surface area (Å²) >= 11 is 1.90. The highest BCUT2D eigenvalue weighted by molar-refractivity contribution is 7.99. The Balaban J connectivity index is 1.29. The van der Waals surface area contributed by atoms with Gasteiger partial charge < -0.3 is 0 Å². The molecule has 0 fully saturated rings. The van der Waals surface area contributed by atoms with E-state index in [-0.39, 0.29) is 5.41 Å². The first-order valence-corrected chi connectivity index (χ1v) is 15.4. The van der Waals surface area contributed by atoms with Gasteiger partial charge in [-0.3, -0.25) is 0 Å². The van der Waals surface area contributed by atoms with Crippen molar-refractivity contribution < 1.29 is 0 Å². The quantitative estimate of drug-likeness (QED) is 0.197. The van der Waals surface area contributed by atoms with Gasteiger partial charge in [0.1, 0.15) is 0 Å². The number of benzene rings is 7. The van der Waals surface area contributed by atoms with Gasteiger partial charge in [0.05, 0.1) is 5.41 Å². The molecule has 10 rings (SSSR count). The maximum Gasteiger partial charge on any atom is 0.0725 e. The lowest BCUT2D eigenvalue weighted by Crippen LogP contribution is -2.25. The smallest absolute Gasteiger partial charge is 0.0725 e. The van der Waals surface area contributed by atoms with Gasteiger partial charge in [-0.25, -0.2) is 0 Å².